The standard InChI is InChI=1S/C12H15F3N2/c1-7-3-9(6-17(7)2)16-11-5-8(13)4-10(14)12(11)15/h4-5,7,9,16H,3,6H2,1-2H3. The van der Waals surface area contributed by atoms with Crippen molar-refractivity contribution in [2.24, 2.45) is 0 Å². The monoisotopic (exact) mass is 244 g/mol. The molecule has 2 nitrogen and oxygen atoms in total. The van der Waals surface area contributed by atoms with E-state index < -0.39 is 17.5 Å². The first-order valence-corrected chi connectivity index (χ1v) is 5.58. The van der Waals surface area contributed by atoms with Crippen molar-refractivity contribution in [1.29, 1.82) is 0 Å². The first-order valence-electron chi connectivity index (χ1n) is 5.58. The predicted octanol–water partition coefficient (Wildman–Crippen LogP) is 2.61. The maximum atomic E-state index is 13.4. The molecule has 5 heteroatoms. The first-order chi connectivity index (χ1) is 7.97. The van der Waals surface area contributed by atoms with Crippen LogP contribution in [0.15, 0.2) is 12.1 Å². The zero-order chi connectivity index (χ0) is 12.6. The predicted molar refractivity (Wildman–Crippen MR) is 60.4 cm³/mol. The van der Waals surface area contributed by atoms with Crippen molar-refractivity contribution in [3.63, 3.8) is 0 Å². The van der Waals surface area contributed by atoms with Gasteiger partial charge in [-0.2, -0.15) is 0 Å². The maximum Gasteiger partial charge on any atom is 0.182 e. The Morgan fingerprint density at radius 3 is 2.59 bits per heavy atom. The Morgan fingerprint density at radius 1 is 1.29 bits per heavy atom. The zero-order valence-corrected chi connectivity index (χ0v) is 9.80. The molecule has 1 aromatic rings. The number of halogens is 3. The number of hydrogen-bond donors (Lipinski definition) is 1. The molecular weight excluding hydrogens is 229 g/mol. The van der Waals surface area contributed by atoms with Gasteiger partial charge in [-0.1, -0.05) is 0 Å². The number of likely N-dealkylation sites (N-methyl/N-ethyl adjacent to an activating group) is 1. The van der Waals surface area contributed by atoms with Crippen LogP contribution in [-0.4, -0.2) is 30.6 Å². The zero-order valence-electron chi connectivity index (χ0n) is 9.80. The molecule has 0 spiro atoms. The fraction of sp³-hybridized carbons (Fsp3) is 0.500. The third kappa shape index (κ3) is 2.54. The lowest BCUT2D eigenvalue weighted by Crippen LogP contribution is -2.25. The Bertz CT molecular complexity index is 412. The van der Waals surface area contributed by atoms with Crippen LogP contribution in [-0.2, 0) is 0 Å². The van der Waals surface area contributed by atoms with Gasteiger partial charge in [0.2, 0.25) is 0 Å². The normalized spacial score (nSPS) is 25.2. The van der Waals surface area contributed by atoms with Crippen LogP contribution in [0.3, 0.4) is 0 Å². The van der Waals surface area contributed by atoms with E-state index >= 15 is 0 Å². The molecule has 1 heterocycles. The van der Waals surface area contributed by atoms with Crippen molar-refractivity contribution in [2.45, 2.75) is 25.4 Å². The smallest absolute Gasteiger partial charge is 0.182 e. The summed E-state index contributed by atoms with van der Waals surface area (Å²) in [5.74, 6) is -2.95. The summed E-state index contributed by atoms with van der Waals surface area (Å²) in [4.78, 5) is 2.12. The summed E-state index contributed by atoms with van der Waals surface area (Å²) in [7, 11) is 1.97. The second kappa shape index (κ2) is 4.56. The second-order valence-corrected chi connectivity index (χ2v) is 4.61. The van der Waals surface area contributed by atoms with E-state index in [0.717, 1.165) is 19.0 Å². The van der Waals surface area contributed by atoms with Gasteiger partial charge in [0.1, 0.15) is 5.82 Å². The average molecular weight is 244 g/mol. The quantitative estimate of drug-likeness (QED) is 0.804. The average Bonchev–Trinajstić information content (AvgIpc) is 2.54. The molecule has 2 atom stereocenters. The molecule has 0 aliphatic carbocycles. The fourth-order valence-electron chi connectivity index (χ4n) is 2.18. The molecule has 2 rings (SSSR count). The minimum atomic E-state index is -1.16. The molecule has 0 radical (unpaired) electrons. The number of hydrogen-bond acceptors (Lipinski definition) is 2. The lowest BCUT2D eigenvalue weighted by Gasteiger charge is -2.15. The van der Waals surface area contributed by atoms with Gasteiger partial charge in [0.25, 0.3) is 0 Å². The Hall–Kier alpha value is -1.23. The third-order valence-electron chi connectivity index (χ3n) is 3.24. The summed E-state index contributed by atoms with van der Waals surface area (Å²) in [6.45, 7) is 2.79. The van der Waals surface area contributed by atoms with Crippen LogP contribution in [0, 0.1) is 17.5 Å². The number of nitrogens with zero attached hydrogens (tertiary/aromatic N) is 1. The summed E-state index contributed by atoms with van der Waals surface area (Å²) >= 11 is 0. The lowest BCUT2D eigenvalue weighted by molar-refractivity contribution is 0.330. The molecule has 17 heavy (non-hydrogen) atoms. The van der Waals surface area contributed by atoms with Gasteiger partial charge < -0.3 is 10.2 Å². The van der Waals surface area contributed by atoms with Gasteiger partial charge in [-0.15, -0.1) is 0 Å². The molecule has 1 aromatic carbocycles. The van der Waals surface area contributed by atoms with E-state index in [9.17, 15) is 13.2 Å². The Kier molecular flexibility index (Phi) is 3.28. The van der Waals surface area contributed by atoms with E-state index in [1.165, 1.54) is 0 Å². The Morgan fingerprint density at radius 2 is 2.00 bits per heavy atom. The third-order valence-corrected chi connectivity index (χ3v) is 3.24. The van der Waals surface area contributed by atoms with Crippen molar-refractivity contribution in [1.82, 2.24) is 4.90 Å². The summed E-state index contributed by atoms with van der Waals surface area (Å²) < 4.78 is 39.4. The molecule has 0 saturated carbocycles. The second-order valence-electron chi connectivity index (χ2n) is 4.61. The lowest BCUT2D eigenvalue weighted by atomic mass is 10.2. The number of anilines is 1. The molecule has 0 amide bonds. The molecule has 1 aliphatic heterocycles. The van der Waals surface area contributed by atoms with Crippen LogP contribution >= 0.6 is 0 Å². The summed E-state index contributed by atoms with van der Waals surface area (Å²) in [5.41, 5.74) is -0.102. The highest BCUT2D eigenvalue weighted by Crippen LogP contribution is 2.23. The van der Waals surface area contributed by atoms with Crippen LogP contribution in [0.2, 0.25) is 0 Å². The first kappa shape index (κ1) is 12.2. The van der Waals surface area contributed by atoms with E-state index in [-0.39, 0.29) is 11.7 Å². The van der Waals surface area contributed by atoms with E-state index in [2.05, 4.69) is 17.1 Å². The molecular formula is C12H15F3N2. The summed E-state index contributed by atoms with van der Waals surface area (Å²) in [6.07, 6.45) is 0.827. The van der Waals surface area contributed by atoms with Crippen LogP contribution < -0.4 is 5.32 Å². The number of likely N-dealkylation sites (tertiary alicyclic amines) is 1. The molecule has 0 aromatic heterocycles. The van der Waals surface area contributed by atoms with Crippen LogP contribution in [0.25, 0.3) is 0 Å². The molecule has 1 aliphatic rings. The summed E-state index contributed by atoms with van der Waals surface area (Å²) in [6, 6.07) is 1.94. The molecule has 0 bridgehead atoms. The van der Waals surface area contributed by atoms with Gasteiger partial charge in [-0.05, 0) is 20.4 Å². The van der Waals surface area contributed by atoms with Gasteiger partial charge in [0.05, 0.1) is 5.69 Å². The van der Waals surface area contributed by atoms with Crippen LogP contribution in [0.4, 0.5) is 18.9 Å². The molecule has 1 N–H and O–H groups in total. The van der Waals surface area contributed by atoms with Crippen molar-refractivity contribution in [3.8, 4) is 0 Å². The van der Waals surface area contributed by atoms with Crippen molar-refractivity contribution in [3.05, 3.63) is 29.6 Å². The molecule has 1 saturated heterocycles. The minimum absolute atomic E-state index is 0.0192. The number of nitrogens with one attached hydrogen (secondary N) is 1. The SMILES string of the molecule is CC1CC(Nc2cc(F)cc(F)c2F)CN1C. The molecule has 1 fully saturated rings. The van der Waals surface area contributed by atoms with Crippen molar-refractivity contribution in [2.75, 3.05) is 18.9 Å². The Labute approximate surface area is 98.4 Å². The van der Waals surface area contributed by atoms with Gasteiger partial charge in [-0.25, -0.2) is 13.2 Å². The van der Waals surface area contributed by atoms with Gasteiger partial charge >= 0.3 is 0 Å². The van der Waals surface area contributed by atoms with Crippen molar-refractivity contribution < 1.29 is 13.2 Å². The fourth-order valence-corrected chi connectivity index (χ4v) is 2.18. The van der Waals surface area contributed by atoms with Crippen LogP contribution in [0.5, 0.6) is 0 Å². The van der Waals surface area contributed by atoms with E-state index in [4.69, 9.17) is 0 Å². The minimum Gasteiger partial charge on any atom is -0.378 e. The van der Waals surface area contributed by atoms with E-state index in [0.29, 0.717) is 12.1 Å². The Balaban J connectivity index is 2.14. The summed E-state index contributed by atoms with van der Waals surface area (Å²) in [5, 5.41) is 2.85. The molecule has 94 valence electrons. The topological polar surface area (TPSA) is 15.3 Å². The maximum absolute atomic E-state index is 13.4. The highest BCUT2D eigenvalue weighted by molar-refractivity contribution is 5.46. The van der Waals surface area contributed by atoms with Crippen molar-refractivity contribution >= 4 is 5.69 Å². The van der Waals surface area contributed by atoms with Gasteiger partial charge in [-0.3, -0.25) is 0 Å². The highest BCUT2D eigenvalue weighted by atomic mass is 19.2. The van der Waals surface area contributed by atoms with E-state index in [1.807, 2.05) is 7.05 Å². The number of rotatable bonds is 2. The van der Waals surface area contributed by atoms with E-state index in [1.54, 1.807) is 0 Å². The van der Waals surface area contributed by atoms with Gasteiger partial charge in [0, 0.05) is 30.8 Å². The number of benzene rings is 1. The van der Waals surface area contributed by atoms with Crippen LogP contribution in [0.1, 0.15) is 13.3 Å². The van der Waals surface area contributed by atoms with Gasteiger partial charge in [0.15, 0.2) is 11.6 Å². The molecule has 2 unspecified atom stereocenters. The highest BCUT2D eigenvalue weighted by Gasteiger charge is 2.27. The largest absolute Gasteiger partial charge is 0.378 e.